The van der Waals surface area contributed by atoms with Crippen LogP contribution in [0.2, 0.25) is 0 Å². The van der Waals surface area contributed by atoms with E-state index in [0.29, 0.717) is 11.0 Å². The third-order valence-electron chi connectivity index (χ3n) is 2.03. The van der Waals surface area contributed by atoms with Crippen molar-refractivity contribution in [2.75, 3.05) is 5.32 Å². The molecule has 1 N–H and O–H groups in total. The van der Waals surface area contributed by atoms with Gasteiger partial charge in [0.25, 0.3) is 5.91 Å². The number of hydrogen-bond donors (Lipinski definition) is 1. The van der Waals surface area contributed by atoms with Gasteiger partial charge in [-0.2, -0.15) is 9.36 Å². The monoisotopic (exact) mass is 373 g/mol. The summed E-state index contributed by atoms with van der Waals surface area (Å²) in [6.45, 7) is 0. The molecule has 3 aromatic heterocycles. The van der Waals surface area contributed by atoms with E-state index in [4.69, 9.17) is 0 Å². The van der Waals surface area contributed by atoms with E-state index in [1.165, 1.54) is 11.3 Å². The summed E-state index contributed by atoms with van der Waals surface area (Å²) in [4.78, 5) is 17.0. The van der Waals surface area contributed by atoms with Crippen LogP contribution in [0.4, 0.5) is 5.13 Å². The molecular weight excluding hydrogens is 370 g/mol. The van der Waals surface area contributed by atoms with Crippen LogP contribution in [0.5, 0.6) is 0 Å². The van der Waals surface area contributed by atoms with Gasteiger partial charge in [0.05, 0.1) is 8.66 Å². The Kier molecular flexibility index (Phi) is 3.64. The van der Waals surface area contributed by atoms with Crippen molar-refractivity contribution in [2.24, 2.45) is 0 Å². The number of nitrogens with zero attached hydrogens (tertiary/aromatic N) is 4. The Bertz CT molecular complexity index is 707. The first-order chi connectivity index (χ1) is 9.22. The molecule has 6 nitrogen and oxygen atoms in total. The Morgan fingerprint density at radius 3 is 2.95 bits per heavy atom. The normalized spacial score (nSPS) is 10.6. The van der Waals surface area contributed by atoms with Crippen molar-refractivity contribution in [3.8, 4) is 10.7 Å². The average molecular weight is 374 g/mol. The molecule has 1 amide bonds. The highest BCUT2D eigenvalue weighted by Gasteiger charge is 2.13. The number of hydrogen-bond acceptors (Lipinski definition) is 8. The van der Waals surface area contributed by atoms with Gasteiger partial charge >= 0.3 is 0 Å². The number of carbonyl (C=O) groups is 1. The summed E-state index contributed by atoms with van der Waals surface area (Å²) in [6, 6.07) is 3.85. The molecule has 0 radical (unpaired) electrons. The second-order valence-electron chi connectivity index (χ2n) is 3.27. The first kappa shape index (κ1) is 12.8. The SMILES string of the molecule is O=C(Nc1nc(-c2ccc(Br)s2)ns1)c1csnn1. The smallest absolute Gasteiger partial charge is 0.278 e. The Labute approximate surface area is 128 Å². The summed E-state index contributed by atoms with van der Waals surface area (Å²) >= 11 is 7.18. The molecule has 19 heavy (non-hydrogen) atoms. The first-order valence-corrected chi connectivity index (χ1v) is 8.12. The zero-order valence-corrected chi connectivity index (χ0v) is 13.1. The zero-order chi connectivity index (χ0) is 13.2. The lowest BCUT2D eigenvalue weighted by Gasteiger charge is -1.94. The van der Waals surface area contributed by atoms with Gasteiger partial charge in [-0.3, -0.25) is 10.1 Å². The molecule has 3 aromatic rings. The number of amides is 1. The molecule has 0 aliphatic rings. The van der Waals surface area contributed by atoms with Crippen LogP contribution in [-0.4, -0.2) is 24.9 Å². The number of anilines is 1. The van der Waals surface area contributed by atoms with E-state index in [2.05, 4.69) is 40.2 Å². The minimum absolute atomic E-state index is 0.278. The zero-order valence-electron chi connectivity index (χ0n) is 9.03. The predicted molar refractivity (Wildman–Crippen MR) is 78.8 cm³/mol. The highest BCUT2D eigenvalue weighted by molar-refractivity contribution is 9.11. The number of carbonyl (C=O) groups excluding carboxylic acids is 1. The van der Waals surface area contributed by atoms with Gasteiger partial charge in [0, 0.05) is 16.9 Å². The topological polar surface area (TPSA) is 80.7 Å². The van der Waals surface area contributed by atoms with Gasteiger partial charge < -0.3 is 0 Å². The Morgan fingerprint density at radius 1 is 1.37 bits per heavy atom. The van der Waals surface area contributed by atoms with Crippen LogP contribution < -0.4 is 5.32 Å². The van der Waals surface area contributed by atoms with Crippen LogP contribution in [0.3, 0.4) is 0 Å². The standard InChI is InChI=1S/C9H4BrN5OS3/c10-6-2-1-5(18-6)7-11-9(19-14-7)12-8(16)4-3-17-15-13-4/h1-3H,(H,11,12,14,16). The fourth-order valence-electron chi connectivity index (χ4n) is 1.23. The van der Waals surface area contributed by atoms with Crippen LogP contribution in [0.25, 0.3) is 10.7 Å². The third kappa shape index (κ3) is 2.86. The summed E-state index contributed by atoms with van der Waals surface area (Å²) in [7, 11) is 0. The van der Waals surface area contributed by atoms with Crippen molar-refractivity contribution < 1.29 is 4.79 Å². The Hall–Kier alpha value is -1.23. The van der Waals surface area contributed by atoms with Gasteiger partial charge in [-0.1, -0.05) is 4.49 Å². The molecule has 96 valence electrons. The van der Waals surface area contributed by atoms with E-state index < -0.39 is 0 Å². The predicted octanol–water partition coefficient (Wildman–Crippen LogP) is 3.13. The van der Waals surface area contributed by atoms with Crippen LogP contribution in [0.15, 0.2) is 21.3 Å². The van der Waals surface area contributed by atoms with Gasteiger partial charge in [-0.05, 0) is 39.6 Å². The summed E-state index contributed by atoms with van der Waals surface area (Å²) in [5, 5.41) is 8.35. The van der Waals surface area contributed by atoms with Crippen molar-refractivity contribution in [3.05, 3.63) is 27.0 Å². The molecule has 0 aliphatic heterocycles. The van der Waals surface area contributed by atoms with Gasteiger partial charge in [0.1, 0.15) is 0 Å². The van der Waals surface area contributed by atoms with Gasteiger partial charge in [-0.15, -0.1) is 16.4 Å². The molecule has 0 atom stereocenters. The molecule has 0 fully saturated rings. The van der Waals surface area contributed by atoms with Crippen molar-refractivity contribution >= 4 is 61.4 Å². The van der Waals surface area contributed by atoms with Gasteiger partial charge in [0.15, 0.2) is 11.5 Å². The molecule has 0 saturated carbocycles. The maximum atomic E-state index is 11.8. The summed E-state index contributed by atoms with van der Waals surface area (Å²) in [5.74, 6) is 0.274. The lowest BCUT2D eigenvalue weighted by Crippen LogP contribution is -2.12. The number of rotatable bonds is 3. The summed E-state index contributed by atoms with van der Waals surface area (Å²) in [5.41, 5.74) is 0.278. The maximum absolute atomic E-state index is 11.8. The first-order valence-electron chi connectivity index (χ1n) is 4.90. The lowest BCUT2D eigenvalue weighted by molar-refractivity contribution is 0.102. The molecule has 10 heteroatoms. The van der Waals surface area contributed by atoms with E-state index in [9.17, 15) is 4.79 Å². The van der Waals surface area contributed by atoms with Crippen LogP contribution in [0, 0.1) is 0 Å². The summed E-state index contributed by atoms with van der Waals surface area (Å²) in [6.07, 6.45) is 0. The minimum Gasteiger partial charge on any atom is -0.295 e. The second-order valence-corrected chi connectivity index (χ2v) is 7.10. The summed E-state index contributed by atoms with van der Waals surface area (Å²) < 4.78 is 8.85. The van der Waals surface area contributed by atoms with E-state index >= 15 is 0 Å². The van der Waals surface area contributed by atoms with Crippen molar-refractivity contribution in [3.63, 3.8) is 0 Å². The molecule has 3 rings (SSSR count). The highest BCUT2D eigenvalue weighted by Crippen LogP contribution is 2.31. The quantitative estimate of drug-likeness (QED) is 0.762. The van der Waals surface area contributed by atoms with E-state index in [-0.39, 0.29) is 11.6 Å². The second kappa shape index (κ2) is 5.41. The largest absolute Gasteiger partial charge is 0.295 e. The molecule has 0 saturated heterocycles. The maximum Gasteiger partial charge on any atom is 0.278 e. The van der Waals surface area contributed by atoms with Crippen molar-refractivity contribution in [2.45, 2.75) is 0 Å². The molecular formula is C9H4BrN5OS3. The number of thiophene rings is 1. The molecule has 0 bridgehead atoms. The van der Waals surface area contributed by atoms with Crippen LogP contribution >= 0.6 is 50.3 Å². The Morgan fingerprint density at radius 2 is 2.26 bits per heavy atom. The van der Waals surface area contributed by atoms with E-state index in [1.54, 1.807) is 5.38 Å². The van der Waals surface area contributed by atoms with Crippen molar-refractivity contribution in [1.82, 2.24) is 18.9 Å². The van der Waals surface area contributed by atoms with Crippen LogP contribution in [0.1, 0.15) is 10.5 Å². The van der Waals surface area contributed by atoms with E-state index in [0.717, 1.165) is 31.7 Å². The molecule has 0 aliphatic carbocycles. The Balaban J connectivity index is 1.77. The van der Waals surface area contributed by atoms with E-state index in [1.807, 2.05) is 12.1 Å². The minimum atomic E-state index is -0.330. The average Bonchev–Trinajstić information content (AvgIpc) is 3.07. The fraction of sp³-hybridized carbons (Fsp3) is 0. The van der Waals surface area contributed by atoms with Crippen LogP contribution in [-0.2, 0) is 0 Å². The number of halogens is 1. The molecule has 3 heterocycles. The molecule has 0 aromatic carbocycles. The highest BCUT2D eigenvalue weighted by atomic mass is 79.9. The van der Waals surface area contributed by atoms with Gasteiger partial charge in [0.2, 0.25) is 5.13 Å². The number of aromatic nitrogens is 4. The van der Waals surface area contributed by atoms with Gasteiger partial charge in [-0.25, -0.2) is 0 Å². The number of nitrogens with one attached hydrogen (secondary N) is 1. The molecule has 0 unspecified atom stereocenters. The molecule has 0 spiro atoms. The third-order valence-corrected chi connectivity index (χ3v) is 4.79. The van der Waals surface area contributed by atoms with Crippen molar-refractivity contribution in [1.29, 1.82) is 0 Å². The fourth-order valence-corrected chi connectivity index (χ4v) is 3.63. The lowest BCUT2D eigenvalue weighted by atomic mass is 10.4.